The monoisotopic (exact) mass is 134 g/mol. The van der Waals surface area contributed by atoms with Crippen molar-refractivity contribution in [1.29, 1.82) is 5.26 Å². The average Bonchev–Trinajstić information content (AvgIpc) is 1.94. The molecule has 0 saturated heterocycles. The molecule has 0 amide bonds. The molecule has 3 heteroatoms. The zero-order valence-electron chi connectivity index (χ0n) is 5.51. The smallest absolute Gasteiger partial charge is 0.249 e. The molecule has 0 saturated carbocycles. The third-order valence-corrected chi connectivity index (χ3v) is 1.25. The summed E-state index contributed by atoms with van der Waals surface area (Å²) in [6.07, 6.45) is 1.53. The van der Waals surface area contributed by atoms with Crippen molar-refractivity contribution in [2.75, 3.05) is 0 Å². The zero-order valence-corrected chi connectivity index (χ0v) is 5.51. The van der Waals surface area contributed by atoms with Gasteiger partial charge in [0.15, 0.2) is 0 Å². The lowest BCUT2D eigenvalue weighted by atomic mass is 10.2. The van der Waals surface area contributed by atoms with Crippen LogP contribution in [0.25, 0.3) is 0 Å². The Morgan fingerprint density at radius 3 is 2.90 bits per heavy atom. The minimum Gasteiger partial charge on any atom is -0.329 e. The number of aromatic nitrogens is 1. The Balaban J connectivity index is 3.40. The van der Waals surface area contributed by atoms with Gasteiger partial charge in [-0.05, 0) is 12.5 Å². The molecule has 50 valence electrons. The molecule has 0 unspecified atom stereocenters. The highest BCUT2D eigenvalue weighted by Gasteiger charge is 1.94. The van der Waals surface area contributed by atoms with Crippen molar-refractivity contribution in [3.05, 3.63) is 33.7 Å². The topological polar surface area (TPSA) is 56.6 Å². The van der Waals surface area contributed by atoms with Crippen LogP contribution >= 0.6 is 0 Å². The van der Waals surface area contributed by atoms with E-state index >= 15 is 0 Å². The van der Waals surface area contributed by atoms with Gasteiger partial charge < -0.3 is 4.98 Å². The first-order valence-corrected chi connectivity index (χ1v) is 2.83. The summed E-state index contributed by atoms with van der Waals surface area (Å²) in [5, 5.41) is 8.44. The number of aromatic amines is 1. The quantitative estimate of drug-likeness (QED) is 0.563. The molecular weight excluding hydrogens is 128 g/mol. The maximum absolute atomic E-state index is 10.6. The lowest BCUT2D eigenvalue weighted by Crippen LogP contribution is -2.04. The van der Waals surface area contributed by atoms with Crippen LogP contribution in [-0.4, -0.2) is 4.98 Å². The number of H-pyrrole nitrogens is 1. The molecule has 10 heavy (non-hydrogen) atoms. The first-order chi connectivity index (χ1) is 4.74. The van der Waals surface area contributed by atoms with E-state index in [2.05, 4.69) is 4.98 Å². The highest BCUT2D eigenvalue weighted by molar-refractivity contribution is 5.33. The Labute approximate surface area is 57.9 Å². The number of rotatable bonds is 0. The number of nitrogens with one attached hydrogen (secondary N) is 1. The number of nitrogens with zero attached hydrogens (tertiary/aromatic N) is 1. The molecular formula is C7H6N2O. The summed E-state index contributed by atoms with van der Waals surface area (Å²) in [4.78, 5) is 13.1. The van der Waals surface area contributed by atoms with Gasteiger partial charge in [-0.15, -0.1) is 0 Å². The summed E-state index contributed by atoms with van der Waals surface area (Å²) in [6.45, 7) is 1.77. The van der Waals surface area contributed by atoms with E-state index in [1.165, 1.54) is 12.3 Å². The molecule has 1 aromatic heterocycles. The van der Waals surface area contributed by atoms with E-state index in [9.17, 15) is 4.79 Å². The van der Waals surface area contributed by atoms with Gasteiger partial charge in [0.2, 0.25) is 5.56 Å². The van der Waals surface area contributed by atoms with E-state index in [1.54, 1.807) is 6.92 Å². The molecule has 1 rings (SSSR count). The molecule has 0 aliphatic heterocycles. The number of pyridine rings is 1. The Morgan fingerprint density at radius 2 is 2.40 bits per heavy atom. The van der Waals surface area contributed by atoms with Crippen LogP contribution in [0.3, 0.4) is 0 Å². The summed E-state index contributed by atoms with van der Waals surface area (Å²) in [5.74, 6) is 0. The van der Waals surface area contributed by atoms with Crippen LogP contribution in [0.2, 0.25) is 0 Å². The lowest BCUT2D eigenvalue weighted by Gasteiger charge is -1.91. The third-order valence-electron chi connectivity index (χ3n) is 1.25. The SMILES string of the molecule is Cc1c[nH]c(=O)cc1C#N. The van der Waals surface area contributed by atoms with Crippen LogP contribution in [0.1, 0.15) is 11.1 Å². The Hall–Kier alpha value is -1.56. The predicted octanol–water partition coefficient (Wildman–Crippen LogP) is 0.555. The first kappa shape index (κ1) is 6.56. The number of hydrogen-bond acceptors (Lipinski definition) is 2. The fraction of sp³-hybridized carbons (Fsp3) is 0.143. The van der Waals surface area contributed by atoms with Gasteiger partial charge in [0.1, 0.15) is 0 Å². The zero-order chi connectivity index (χ0) is 7.56. The molecule has 1 N–H and O–H groups in total. The second kappa shape index (κ2) is 2.36. The van der Waals surface area contributed by atoms with Crippen LogP contribution < -0.4 is 5.56 Å². The van der Waals surface area contributed by atoms with Gasteiger partial charge in [-0.25, -0.2) is 0 Å². The molecule has 0 aromatic carbocycles. The highest BCUT2D eigenvalue weighted by Crippen LogP contribution is 1.98. The molecule has 0 bridgehead atoms. The Bertz CT molecular complexity index is 332. The Kier molecular flexibility index (Phi) is 1.55. The summed E-state index contributed by atoms with van der Waals surface area (Å²) in [5.41, 5.74) is 0.994. The van der Waals surface area contributed by atoms with E-state index in [0.29, 0.717) is 5.56 Å². The van der Waals surface area contributed by atoms with Gasteiger partial charge in [-0.2, -0.15) is 5.26 Å². The van der Waals surface area contributed by atoms with Crippen molar-refractivity contribution in [3.63, 3.8) is 0 Å². The second-order valence-corrected chi connectivity index (χ2v) is 2.01. The van der Waals surface area contributed by atoms with Crippen LogP contribution in [0.5, 0.6) is 0 Å². The van der Waals surface area contributed by atoms with Crippen LogP contribution in [0, 0.1) is 18.3 Å². The van der Waals surface area contributed by atoms with Crippen molar-refractivity contribution in [3.8, 4) is 6.07 Å². The summed E-state index contributed by atoms with van der Waals surface area (Å²) >= 11 is 0. The number of aryl methyl sites for hydroxylation is 1. The van der Waals surface area contributed by atoms with Crippen molar-refractivity contribution >= 4 is 0 Å². The van der Waals surface area contributed by atoms with Crippen molar-refractivity contribution in [2.24, 2.45) is 0 Å². The van der Waals surface area contributed by atoms with Gasteiger partial charge in [-0.1, -0.05) is 0 Å². The van der Waals surface area contributed by atoms with Crippen LogP contribution in [0.15, 0.2) is 17.1 Å². The van der Waals surface area contributed by atoms with Gasteiger partial charge in [0.25, 0.3) is 0 Å². The largest absolute Gasteiger partial charge is 0.329 e. The maximum atomic E-state index is 10.6. The molecule has 0 spiro atoms. The van der Waals surface area contributed by atoms with E-state index in [-0.39, 0.29) is 5.56 Å². The molecule has 0 aliphatic rings. The van der Waals surface area contributed by atoms with Gasteiger partial charge >= 0.3 is 0 Å². The number of nitriles is 1. The van der Waals surface area contributed by atoms with Crippen LogP contribution in [-0.2, 0) is 0 Å². The molecule has 0 radical (unpaired) electrons. The molecule has 0 aliphatic carbocycles. The first-order valence-electron chi connectivity index (χ1n) is 2.83. The van der Waals surface area contributed by atoms with Gasteiger partial charge in [-0.3, -0.25) is 4.79 Å². The standard InChI is InChI=1S/C7H6N2O/c1-5-4-9-7(10)2-6(5)3-8/h2,4H,1H3,(H,9,10). The fourth-order valence-corrected chi connectivity index (χ4v) is 0.664. The summed E-state index contributed by atoms with van der Waals surface area (Å²) < 4.78 is 0. The average molecular weight is 134 g/mol. The van der Waals surface area contributed by atoms with Crippen molar-refractivity contribution < 1.29 is 0 Å². The van der Waals surface area contributed by atoms with E-state index in [1.807, 2.05) is 6.07 Å². The molecule has 3 nitrogen and oxygen atoms in total. The highest BCUT2D eigenvalue weighted by atomic mass is 16.1. The molecule has 1 heterocycles. The number of hydrogen-bond donors (Lipinski definition) is 1. The van der Waals surface area contributed by atoms with E-state index < -0.39 is 0 Å². The maximum Gasteiger partial charge on any atom is 0.249 e. The van der Waals surface area contributed by atoms with Crippen molar-refractivity contribution in [2.45, 2.75) is 6.92 Å². The fourth-order valence-electron chi connectivity index (χ4n) is 0.664. The minimum atomic E-state index is -0.234. The lowest BCUT2D eigenvalue weighted by molar-refractivity contribution is 1.18. The predicted molar refractivity (Wildman–Crippen MR) is 36.5 cm³/mol. The van der Waals surface area contributed by atoms with E-state index in [0.717, 1.165) is 5.56 Å². The normalized spacial score (nSPS) is 8.80. The van der Waals surface area contributed by atoms with Gasteiger partial charge in [0, 0.05) is 12.3 Å². The summed E-state index contributed by atoms with van der Waals surface area (Å²) in [6, 6.07) is 3.20. The minimum absolute atomic E-state index is 0.234. The molecule has 1 aromatic rings. The molecule has 0 atom stereocenters. The van der Waals surface area contributed by atoms with Gasteiger partial charge in [0.05, 0.1) is 11.6 Å². The summed E-state index contributed by atoms with van der Waals surface area (Å²) in [7, 11) is 0. The Morgan fingerprint density at radius 1 is 1.70 bits per heavy atom. The van der Waals surface area contributed by atoms with E-state index in [4.69, 9.17) is 5.26 Å². The van der Waals surface area contributed by atoms with Crippen molar-refractivity contribution in [1.82, 2.24) is 4.98 Å². The second-order valence-electron chi connectivity index (χ2n) is 2.01. The third kappa shape index (κ3) is 1.06. The molecule has 0 fully saturated rings. The van der Waals surface area contributed by atoms with Crippen LogP contribution in [0.4, 0.5) is 0 Å².